The van der Waals surface area contributed by atoms with Gasteiger partial charge in [-0.2, -0.15) is 0 Å². The Morgan fingerprint density at radius 2 is 1.11 bits per heavy atom. The predicted octanol–water partition coefficient (Wildman–Crippen LogP) is 3.45. The summed E-state index contributed by atoms with van der Waals surface area (Å²) in [6.07, 6.45) is 0.373. The molecule has 0 bridgehead atoms. The summed E-state index contributed by atoms with van der Waals surface area (Å²) in [6.45, 7) is 12.8. The molecule has 110 valence electrons. The average Bonchev–Trinajstić information content (AvgIpc) is 2.25. The lowest BCUT2D eigenvalue weighted by molar-refractivity contribution is -0.137. The maximum atomic E-state index is 12.4. The normalized spacial score (nSPS) is 12.3. The van der Waals surface area contributed by atoms with Crippen molar-refractivity contribution in [3.63, 3.8) is 0 Å². The number of Topliss-reactive ketones (excluding diaryl/α,β-unsaturated/α-hetero) is 3. The maximum Gasteiger partial charge on any atom is 0.142 e. The zero-order valence-corrected chi connectivity index (χ0v) is 13.4. The third-order valence-corrected chi connectivity index (χ3v) is 3.29. The number of carbonyl (C=O) groups is 3. The maximum absolute atomic E-state index is 12.4. The first kappa shape index (κ1) is 18.0. The first-order valence-electron chi connectivity index (χ1n) is 7.06. The molecular formula is C16H28O3. The van der Waals surface area contributed by atoms with Crippen LogP contribution in [0.3, 0.4) is 0 Å². The zero-order valence-electron chi connectivity index (χ0n) is 13.4. The van der Waals surface area contributed by atoms with Crippen LogP contribution < -0.4 is 0 Å². The molecule has 0 N–H and O–H groups in total. The van der Waals surface area contributed by atoms with Crippen LogP contribution in [0.2, 0.25) is 0 Å². The summed E-state index contributed by atoms with van der Waals surface area (Å²) in [5, 5.41) is 0. The molecule has 0 aromatic carbocycles. The van der Waals surface area contributed by atoms with E-state index in [1.807, 2.05) is 48.5 Å². The molecule has 0 fully saturated rings. The van der Waals surface area contributed by atoms with E-state index in [4.69, 9.17) is 0 Å². The molecule has 0 saturated carbocycles. The van der Waals surface area contributed by atoms with Crippen molar-refractivity contribution in [2.24, 2.45) is 23.2 Å². The summed E-state index contributed by atoms with van der Waals surface area (Å²) in [5.74, 6) is -0.535. The van der Waals surface area contributed by atoms with Gasteiger partial charge in [-0.3, -0.25) is 14.4 Å². The third-order valence-electron chi connectivity index (χ3n) is 3.29. The van der Waals surface area contributed by atoms with E-state index < -0.39 is 11.3 Å². The van der Waals surface area contributed by atoms with Gasteiger partial charge >= 0.3 is 0 Å². The topological polar surface area (TPSA) is 51.2 Å². The van der Waals surface area contributed by atoms with E-state index >= 15 is 0 Å². The van der Waals surface area contributed by atoms with E-state index in [9.17, 15) is 14.4 Å². The molecule has 19 heavy (non-hydrogen) atoms. The zero-order chi connectivity index (χ0) is 15.4. The predicted molar refractivity (Wildman–Crippen MR) is 76.9 cm³/mol. The van der Waals surface area contributed by atoms with Crippen molar-refractivity contribution in [3.8, 4) is 0 Å². The summed E-state index contributed by atoms with van der Waals surface area (Å²) in [6, 6.07) is 0. The smallest absolute Gasteiger partial charge is 0.142 e. The highest BCUT2D eigenvalue weighted by atomic mass is 16.1. The van der Waals surface area contributed by atoms with Crippen LogP contribution in [0, 0.1) is 23.2 Å². The minimum absolute atomic E-state index is 0.00972. The Hall–Kier alpha value is -0.990. The van der Waals surface area contributed by atoms with Crippen molar-refractivity contribution in [1.82, 2.24) is 0 Å². The van der Waals surface area contributed by atoms with Crippen LogP contribution in [0.5, 0.6) is 0 Å². The fraction of sp³-hybridized carbons (Fsp3) is 0.812. The largest absolute Gasteiger partial charge is 0.299 e. The highest BCUT2D eigenvalue weighted by Crippen LogP contribution is 2.26. The summed E-state index contributed by atoms with van der Waals surface area (Å²) < 4.78 is 0. The number of rotatable bonds is 7. The fourth-order valence-corrected chi connectivity index (χ4v) is 1.83. The first-order chi connectivity index (χ1) is 8.46. The second-order valence-electron chi connectivity index (χ2n) is 6.96. The Labute approximate surface area is 117 Å². The van der Waals surface area contributed by atoms with Crippen LogP contribution in [-0.4, -0.2) is 17.3 Å². The lowest BCUT2D eigenvalue weighted by Gasteiger charge is -2.25. The number of ketones is 3. The minimum atomic E-state index is -0.515. The van der Waals surface area contributed by atoms with Gasteiger partial charge in [0.05, 0.1) is 0 Å². The van der Waals surface area contributed by atoms with Crippen molar-refractivity contribution >= 4 is 17.3 Å². The Balaban J connectivity index is 5.00. The Morgan fingerprint density at radius 1 is 0.789 bits per heavy atom. The van der Waals surface area contributed by atoms with Crippen LogP contribution in [0.25, 0.3) is 0 Å². The van der Waals surface area contributed by atoms with Gasteiger partial charge in [-0.05, 0) is 0 Å². The van der Waals surface area contributed by atoms with Crippen LogP contribution in [0.4, 0.5) is 0 Å². The van der Waals surface area contributed by atoms with E-state index in [1.54, 1.807) is 0 Å². The molecular weight excluding hydrogens is 240 g/mol. The molecule has 0 aliphatic heterocycles. The molecule has 0 radical (unpaired) electrons. The second kappa shape index (κ2) is 6.97. The molecule has 0 amide bonds. The number of hydrogen-bond acceptors (Lipinski definition) is 3. The monoisotopic (exact) mass is 268 g/mol. The van der Waals surface area contributed by atoms with Crippen molar-refractivity contribution in [2.45, 2.75) is 61.3 Å². The van der Waals surface area contributed by atoms with Gasteiger partial charge in [-0.1, -0.05) is 48.5 Å². The van der Waals surface area contributed by atoms with Crippen LogP contribution in [0.1, 0.15) is 61.3 Å². The molecule has 0 heterocycles. The lowest BCUT2D eigenvalue weighted by atomic mass is 9.77. The van der Waals surface area contributed by atoms with Gasteiger partial charge < -0.3 is 0 Å². The Bertz CT molecular complexity index is 323. The second-order valence-corrected chi connectivity index (χ2v) is 6.96. The lowest BCUT2D eigenvalue weighted by Crippen LogP contribution is -2.33. The van der Waals surface area contributed by atoms with E-state index in [2.05, 4.69) is 0 Å². The average molecular weight is 268 g/mol. The summed E-state index contributed by atoms with van der Waals surface area (Å²) in [7, 11) is 0. The summed E-state index contributed by atoms with van der Waals surface area (Å²) in [4.78, 5) is 36.1. The number of carbonyl (C=O) groups excluding carboxylic acids is 3. The Kier molecular flexibility index (Phi) is 6.61. The van der Waals surface area contributed by atoms with Gasteiger partial charge in [-0.15, -0.1) is 0 Å². The van der Waals surface area contributed by atoms with Crippen molar-refractivity contribution in [2.75, 3.05) is 0 Å². The quantitative estimate of drug-likeness (QED) is 0.710. The molecule has 3 heteroatoms. The number of hydrogen-bond donors (Lipinski definition) is 0. The van der Waals surface area contributed by atoms with Gasteiger partial charge in [0.2, 0.25) is 0 Å². The molecule has 0 spiro atoms. The van der Waals surface area contributed by atoms with Crippen molar-refractivity contribution in [1.29, 1.82) is 0 Å². The standard InChI is InChI=1S/C16H28O3/c1-10(2)13(17)8-12(9-14(18)11(3)4)15(19)16(5,6)7/h10-12H,8-9H2,1-7H3. The van der Waals surface area contributed by atoms with E-state index in [0.29, 0.717) is 0 Å². The van der Waals surface area contributed by atoms with Gasteiger partial charge in [0, 0.05) is 36.0 Å². The van der Waals surface area contributed by atoms with E-state index in [-0.39, 0.29) is 42.0 Å². The highest BCUT2D eigenvalue weighted by molar-refractivity contribution is 5.95. The van der Waals surface area contributed by atoms with Crippen LogP contribution >= 0.6 is 0 Å². The molecule has 0 aliphatic rings. The van der Waals surface area contributed by atoms with Gasteiger partial charge in [0.1, 0.15) is 17.3 Å². The van der Waals surface area contributed by atoms with Crippen LogP contribution in [-0.2, 0) is 14.4 Å². The Morgan fingerprint density at radius 3 is 1.32 bits per heavy atom. The molecule has 0 aromatic rings. The SMILES string of the molecule is CC(C)C(=O)CC(CC(=O)C(C)C)C(=O)C(C)(C)C. The molecule has 3 nitrogen and oxygen atoms in total. The highest BCUT2D eigenvalue weighted by Gasteiger charge is 2.33. The first-order valence-corrected chi connectivity index (χ1v) is 7.06. The third kappa shape index (κ3) is 6.13. The molecule has 0 unspecified atom stereocenters. The molecule has 0 atom stereocenters. The molecule has 0 rings (SSSR count). The summed E-state index contributed by atoms with van der Waals surface area (Å²) >= 11 is 0. The molecule has 0 saturated heterocycles. The van der Waals surface area contributed by atoms with E-state index in [1.165, 1.54) is 0 Å². The fourth-order valence-electron chi connectivity index (χ4n) is 1.83. The van der Waals surface area contributed by atoms with Gasteiger partial charge in [0.15, 0.2) is 0 Å². The van der Waals surface area contributed by atoms with E-state index in [0.717, 1.165) is 0 Å². The van der Waals surface area contributed by atoms with Gasteiger partial charge in [-0.25, -0.2) is 0 Å². The van der Waals surface area contributed by atoms with Crippen molar-refractivity contribution in [3.05, 3.63) is 0 Å². The summed E-state index contributed by atoms with van der Waals surface area (Å²) in [5.41, 5.74) is -0.515. The minimum Gasteiger partial charge on any atom is -0.299 e. The van der Waals surface area contributed by atoms with Gasteiger partial charge in [0.25, 0.3) is 0 Å². The molecule has 0 aliphatic carbocycles. The van der Waals surface area contributed by atoms with Crippen LogP contribution in [0.15, 0.2) is 0 Å². The molecule has 0 aromatic heterocycles. The van der Waals surface area contributed by atoms with Crippen molar-refractivity contribution < 1.29 is 14.4 Å².